The van der Waals surface area contributed by atoms with Gasteiger partial charge >= 0.3 is 0 Å². The zero-order chi connectivity index (χ0) is 26.4. The summed E-state index contributed by atoms with van der Waals surface area (Å²) >= 11 is 0. The van der Waals surface area contributed by atoms with Gasteiger partial charge in [0.25, 0.3) is 0 Å². The third-order valence-corrected chi connectivity index (χ3v) is 6.38. The lowest BCUT2D eigenvalue weighted by molar-refractivity contribution is -0.133. The number of carbonyl (C=O) groups is 2. The number of carbonyl (C=O) groups excluding carboxylic acids is 2. The number of hydrogen-bond acceptors (Lipinski definition) is 4. The van der Waals surface area contributed by atoms with E-state index >= 15 is 0 Å². The maximum Gasteiger partial charge on any atom is 0.246 e. The minimum atomic E-state index is -0.305. The number of rotatable bonds is 9. The summed E-state index contributed by atoms with van der Waals surface area (Å²) in [5.74, 6) is 0.747. The summed E-state index contributed by atoms with van der Waals surface area (Å²) < 4.78 is 7.14. The van der Waals surface area contributed by atoms with Crippen LogP contribution in [0.25, 0.3) is 16.9 Å². The number of ether oxygens (including phenoxy) is 1. The Kier molecular flexibility index (Phi) is 8.03. The van der Waals surface area contributed by atoms with Crippen LogP contribution in [0.15, 0.2) is 79.0 Å². The van der Waals surface area contributed by atoms with Crippen LogP contribution in [0.1, 0.15) is 23.6 Å². The van der Waals surface area contributed by atoms with Crippen LogP contribution in [0.5, 0.6) is 5.75 Å². The van der Waals surface area contributed by atoms with Crippen molar-refractivity contribution in [1.29, 1.82) is 0 Å². The Labute approximate surface area is 217 Å². The SMILES string of the molecule is CCN(CC(=O)Nc1nc(-c2ccc(OC)cc2)cn1-c1ccc(C)c(C)c1)C(=O)Cc1ccccc1. The summed E-state index contributed by atoms with van der Waals surface area (Å²) in [5, 5.41) is 2.93. The van der Waals surface area contributed by atoms with Gasteiger partial charge in [-0.1, -0.05) is 36.4 Å². The van der Waals surface area contributed by atoms with E-state index in [1.165, 1.54) is 5.56 Å². The molecule has 0 aliphatic heterocycles. The van der Waals surface area contributed by atoms with Crippen LogP contribution in [-0.2, 0) is 16.0 Å². The highest BCUT2D eigenvalue weighted by molar-refractivity contribution is 5.94. The van der Waals surface area contributed by atoms with Crippen LogP contribution < -0.4 is 10.1 Å². The highest BCUT2D eigenvalue weighted by Gasteiger charge is 2.19. The van der Waals surface area contributed by atoms with Gasteiger partial charge < -0.3 is 9.64 Å². The monoisotopic (exact) mass is 496 g/mol. The van der Waals surface area contributed by atoms with E-state index in [4.69, 9.17) is 9.72 Å². The van der Waals surface area contributed by atoms with Crippen LogP contribution >= 0.6 is 0 Å². The molecule has 0 unspecified atom stereocenters. The Bertz CT molecular complexity index is 1380. The van der Waals surface area contributed by atoms with Crippen LogP contribution in [0, 0.1) is 13.8 Å². The zero-order valence-corrected chi connectivity index (χ0v) is 21.7. The molecular weight excluding hydrogens is 464 g/mol. The molecule has 0 spiro atoms. The topological polar surface area (TPSA) is 76.5 Å². The zero-order valence-electron chi connectivity index (χ0n) is 21.7. The van der Waals surface area contributed by atoms with Crippen molar-refractivity contribution in [2.24, 2.45) is 0 Å². The van der Waals surface area contributed by atoms with Gasteiger partial charge in [-0.15, -0.1) is 0 Å². The Morgan fingerprint density at radius 2 is 1.70 bits per heavy atom. The highest BCUT2D eigenvalue weighted by Crippen LogP contribution is 2.27. The standard InChI is InChI=1S/C30H32N4O3/c1-5-33(29(36)18-23-9-7-6-8-10-23)20-28(35)32-30-31-27(24-12-15-26(37-4)16-13-24)19-34(30)25-14-11-21(2)22(3)17-25/h6-17,19H,5,18,20H2,1-4H3,(H,31,32,35). The first-order chi connectivity index (χ1) is 17.9. The summed E-state index contributed by atoms with van der Waals surface area (Å²) in [4.78, 5) is 32.2. The lowest BCUT2D eigenvalue weighted by Gasteiger charge is -2.20. The molecule has 7 nitrogen and oxygen atoms in total. The molecule has 0 bridgehead atoms. The van der Waals surface area contributed by atoms with E-state index in [-0.39, 0.29) is 24.8 Å². The molecule has 1 aromatic heterocycles. The summed E-state index contributed by atoms with van der Waals surface area (Å²) in [6, 6.07) is 23.3. The lowest BCUT2D eigenvalue weighted by atomic mass is 10.1. The van der Waals surface area contributed by atoms with Crippen molar-refractivity contribution < 1.29 is 14.3 Å². The molecule has 1 heterocycles. The summed E-state index contributed by atoms with van der Waals surface area (Å²) in [6.07, 6.45) is 2.15. The number of amides is 2. The quantitative estimate of drug-likeness (QED) is 0.346. The predicted octanol–water partition coefficient (Wildman–Crippen LogP) is 5.19. The largest absolute Gasteiger partial charge is 0.497 e. The van der Waals surface area contributed by atoms with Gasteiger partial charge in [-0.25, -0.2) is 4.98 Å². The Morgan fingerprint density at radius 3 is 2.35 bits per heavy atom. The van der Waals surface area contributed by atoms with Crippen molar-refractivity contribution in [3.05, 3.63) is 95.7 Å². The summed E-state index contributed by atoms with van der Waals surface area (Å²) in [5.41, 5.74) is 5.73. The molecule has 4 aromatic rings. The van der Waals surface area contributed by atoms with Crippen molar-refractivity contribution in [1.82, 2.24) is 14.5 Å². The smallest absolute Gasteiger partial charge is 0.246 e. The van der Waals surface area contributed by atoms with Gasteiger partial charge in [-0.2, -0.15) is 0 Å². The minimum Gasteiger partial charge on any atom is -0.497 e. The maximum absolute atomic E-state index is 13.1. The predicted molar refractivity (Wildman–Crippen MR) is 146 cm³/mol. The average molecular weight is 497 g/mol. The number of imidazole rings is 1. The molecular formula is C30H32N4O3. The van der Waals surface area contributed by atoms with Gasteiger partial charge in [0.15, 0.2) is 0 Å². The van der Waals surface area contributed by atoms with Gasteiger partial charge in [0.1, 0.15) is 5.75 Å². The number of likely N-dealkylation sites (N-methyl/N-ethyl adjacent to an activating group) is 1. The Hall–Kier alpha value is -4.39. The second kappa shape index (κ2) is 11.6. The van der Waals surface area contributed by atoms with Gasteiger partial charge in [-0.3, -0.25) is 19.5 Å². The van der Waals surface area contributed by atoms with E-state index < -0.39 is 0 Å². The van der Waals surface area contributed by atoms with Crippen molar-refractivity contribution in [2.45, 2.75) is 27.2 Å². The maximum atomic E-state index is 13.1. The first-order valence-electron chi connectivity index (χ1n) is 12.3. The van der Waals surface area contributed by atoms with Crippen LogP contribution in [0.3, 0.4) is 0 Å². The number of nitrogens with zero attached hydrogens (tertiary/aromatic N) is 3. The third-order valence-electron chi connectivity index (χ3n) is 6.38. The second-order valence-corrected chi connectivity index (χ2v) is 8.94. The molecule has 0 radical (unpaired) electrons. The molecule has 0 aliphatic rings. The van der Waals surface area contributed by atoms with Crippen LogP contribution in [-0.4, -0.2) is 46.5 Å². The number of aryl methyl sites for hydroxylation is 2. The normalized spacial score (nSPS) is 10.7. The number of anilines is 1. The van der Waals surface area contributed by atoms with Crippen LogP contribution in [0.2, 0.25) is 0 Å². The number of hydrogen-bond donors (Lipinski definition) is 1. The fourth-order valence-corrected chi connectivity index (χ4v) is 4.04. The lowest BCUT2D eigenvalue weighted by Crippen LogP contribution is -2.39. The molecule has 7 heteroatoms. The molecule has 3 aromatic carbocycles. The molecule has 190 valence electrons. The van der Waals surface area contributed by atoms with E-state index in [0.29, 0.717) is 18.2 Å². The molecule has 0 aliphatic carbocycles. The van der Waals surface area contributed by atoms with Crippen LogP contribution in [0.4, 0.5) is 5.95 Å². The van der Waals surface area contributed by atoms with Crippen molar-refractivity contribution in [3.63, 3.8) is 0 Å². The molecule has 2 amide bonds. The van der Waals surface area contributed by atoms with Crippen molar-refractivity contribution in [2.75, 3.05) is 25.5 Å². The fourth-order valence-electron chi connectivity index (χ4n) is 4.04. The molecule has 0 atom stereocenters. The third kappa shape index (κ3) is 6.25. The van der Waals surface area contributed by atoms with E-state index in [2.05, 4.69) is 25.2 Å². The van der Waals surface area contributed by atoms with Gasteiger partial charge in [0, 0.05) is 24.0 Å². The van der Waals surface area contributed by atoms with Crippen molar-refractivity contribution in [3.8, 4) is 22.7 Å². The van der Waals surface area contributed by atoms with Crippen molar-refractivity contribution >= 4 is 17.8 Å². The van der Waals surface area contributed by atoms with E-state index in [1.54, 1.807) is 12.0 Å². The molecule has 4 rings (SSSR count). The average Bonchev–Trinajstić information content (AvgIpc) is 3.33. The Balaban J connectivity index is 1.58. The molecule has 0 saturated carbocycles. The Morgan fingerprint density at radius 1 is 0.973 bits per heavy atom. The summed E-state index contributed by atoms with van der Waals surface area (Å²) in [7, 11) is 1.63. The van der Waals surface area contributed by atoms with Gasteiger partial charge in [-0.05, 0) is 73.9 Å². The number of nitrogens with one attached hydrogen (secondary N) is 1. The fraction of sp³-hybridized carbons (Fsp3) is 0.233. The first-order valence-corrected chi connectivity index (χ1v) is 12.3. The van der Waals surface area contributed by atoms with E-state index in [9.17, 15) is 9.59 Å². The highest BCUT2D eigenvalue weighted by atomic mass is 16.5. The van der Waals surface area contributed by atoms with E-state index in [0.717, 1.165) is 28.1 Å². The number of benzene rings is 3. The number of methoxy groups -OCH3 is 1. The number of aromatic nitrogens is 2. The second-order valence-electron chi connectivity index (χ2n) is 8.94. The molecule has 0 fully saturated rings. The molecule has 0 saturated heterocycles. The summed E-state index contributed by atoms with van der Waals surface area (Å²) in [6.45, 7) is 6.36. The van der Waals surface area contributed by atoms with Gasteiger partial charge in [0.05, 0.1) is 25.8 Å². The van der Waals surface area contributed by atoms with E-state index in [1.807, 2.05) is 84.4 Å². The molecule has 1 N–H and O–H groups in total. The minimum absolute atomic E-state index is 0.0557. The first kappa shape index (κ1) is 25.7. The van der Waals surface area contributed by atoms with Gasteiger partial charge in [0.2, 0.25) is 17.8 Å². The molecule has 37 heavy (non-hydrogen) atoms.